The summed E-state index contributed by atoms with van der Waals surface area (Å²) in [4.78, 5) is 12.0. The summed E-state index contributed by atoms with van der Waals surface area (Å²) in [5.74, 6) is 0.207. The van der Waals surface area contributed by atoms with Gasteiger partial charge in [0, 0.05) is 6.61 Å². The van der Waals surface area contributed by atoms with Crippen LogP contribution in [0.1, 0.15) is 43.9 Å². The Morgan fingerprint density at radius 3 is 2.50 bits per heavy atom. The average Bonchev–Trinajstić information content (AvgIpc) is 2.83. The van der Waals surface area contributed by atoms with Gasteiger partial charge in [0.1, 0.15) is 0 Å². The van der Waals surface area contributed by atoms with E-state index in [2.05, 4.69) is 5.32 Å². The van der Waals surface area contributed by atoms with Crippen LogP contribution in [0.5, 0.6) is 0 Å². The molecular formula is C16H20F3NO2. The van der Waals surface area contributed by atoms with Gasteiger partial charge in [0.25, 0.3) is 0 Å². The summed E-state index contributed by atoms with van der Waals surface area (Å²) >= 11 is 0. The van der Waals surface area contributed by atoms with E-state index >= 15 is 0 Å². The van der Waals surface area contributed by atoms with E-state index in [1.54, 1.807) is 6.92 Å². The van der Waals surface area contributed by atoms with Crippen LogP contribution in [0.25, 0.3) is 0 Å². The number of carbonyl (C=O) groups excluding carboxylic acids is 1. The second kappa shape index (κ2) is 6.69. The molecule has 1 amide bonds. The van der Waals surface area contributed by atoms with Gasteiger partial charge in [0.05, 0.1) is 24.1 Å². The minimum atomic E-state index is -4.35. The van der Waals surface area contributed by atoms with E-state index in [9.17, 15) is 18.0 Å². The lowest BCUT2D eigenvalue weighted by Crippen LogP contribution is -2.31. The summed E-state index contributed by atoms with van der Waals surface area (Å²) in [6.45, 7) is 4.47. The van der Waals surface area contributed by atoms with Crippen LogP contribution in [0.2, 0.25) is 0 Å². The molecule has 3 atom stereocenters. The van der Waals surface area contributed by atoms with Gasteiger partial charge in [0.15, 0.2) is 0 Å². The lowest BCUT2D eigenvalue weighted by Gasteiger charge is -2.18. The molecule has 0 saturated carbocycles. The summed E-state index contributed by atoms with van der Waals surface area (Å²) in [5.41, 5.74) is -0.0512. The fraction of sp³-hybridized carbons (Fsp3) is 0.562. The standard InChI is InChI=1S/C16H20F3NO2/c1-10-7-8-22-14(10)9-15(21)20-11(2)12-3-5-13(6-4-12)16(17,18)19/h3-6,10-11,14H,7-9H2,1-2H3,(H,20,21)/t10?,11-,14?/m1/s1. The molecule has 0 spiro atoms. The number of alkyl halides is 3. The summed E-state index contributed by atoms with van der Waals surface area (Å²) in [7, 11) is 0. The molecule has 1 aromatic carbocycles. The maximum Gasteiger partial charge on any atom is 0.416 e. The minimum Gasteiger partial charge on any atom is -0.377 e. The van der Waals surface area contributed by atoms with E-state index in [-0.39, 0.29) is 24.5 Å². The Balaban J connectivity index is 1.91. The van der Waals surface area contributed by atoms with Crippen LogP contribution < -0.4 is 5.32 Å². The molecule has 2 unspecified atom stereocenters. The molecular weight excluding hydrogens is 295 g/mol. The highest BCUT2D eigenvalue weighted by Crippen LogP contribution is 2.30. The van der Waals surface area contributed by atoms with E-state index in [4.69, 9.17) is 4.74 Å². The molecule has 1 N–H and O–H groups in total. The molecule has 1 heterocycles. The van der Waals surface area contributed by atoms with E-state index in [0.29, 0.717) is 18.1 Å². The molecule has 2 rings (SSSR count). The Morgan fingerprint density at radius 1 is 1.36 bits per heavy atom. The predicted molar refractivity (Wildman–Crippen MR) is 76.1 cm³/mol. The van der Waals surface area contributed by atoms with Crippen molar-refractivity contribution in [2.45, 2.75) is 45.0 Å². The first-order chi connectivity index (χ1) is 10.3. The number of ether oxygens (including phenoxy) is 1. The minimum absolute atomic E-state index is 0.0696. The molecule has 22 heavy (non-hydrogen) atoms. The van der Waals surface area contributed by atoms with Crippen LogP contribution in [-0.2, 0) is 15.7 Å². The molecule has 1 saturated heterocycles. The van der Waals surface area contributed by atoms with E-state index in [0.717, 1.165) is 18.6 Å². The van der Waals surface area contributed by atoms with Crippen LogP contribution in [0, 0.1) is 5.92 Å². The molecule has 6 heteroatoms. The molecule has 0 bridgehead atoms. The van der Waals surface area contributed by atoms with Crippen LogP contribution in [0.3, 0.4) is 0 Å². The Hall–Kier alpha value is -1.56. The highest BCUT2D eigenvalue weighted by atomic mass is 19.4. The van der Waals surface area contributed by atoms with Gasteiger partial charge in [-0.05, 0) is 37.0 Å². The Labute approximate surface area is 127 Å². The maximum absolute atomic E-state index is 12.5. The van der Waals surface area contributed by atoms with Crippen molar-refractivity contribution < 1.29 is 22.7 Å². The molecule has 0 radical (unpaired) electrons. The number of benzene rings is 1. The second-order valence-electron chi connectivity index (χ2n) is 5.79. The van der Waals surface area contributed by atoms with E-state index in [1.807, 2.05) is 6.92 Å². The molecule has 1 aliphatic heterocycles. The van der Waals surface area contributed by atoms with Crippen LogP contribution in [0.15, 0.2) is 24.3 Å². The van der Waals surface area contributed by atoms with E-state index < -0.39 is 11.7 Å². The van der Waals surface area contributed by atoms with Gasteiger partial charge in [-0.15, -0.1) is 0 Å². The zero-order chi connectivity index (χ0) is 16.3. The molecule has 1 fully saturated rings. The molecule has 0 aliphatic carbocycles. The third-order valence-electron chi connectivity index (χ3n) is 4.04. The monoisotopic (exact) mass is 315 g/mol. The molecule has 122 valence electrons. The number of carbonyl (C=O) groups is 1. The van der Waals surface area contributed by atoms with Crippen molar-refractivity contribution in [1.29, 1.82) is 0 Å². The number of rotatable bonds is 4. The smallest absolute Gasteiger partial charge is 0.377 e. The second-order valence-corrected chi connectivity index (χ2v) is 5.79. The van der Waals surface area contributed by atoms with Crippen molar-refractivity contribution >= 4 is 5.91 Å². The lowest BCUT2D eigenvalue weighted by molar-refractivity contribution is -0.137. The first-order valence-electron chi connectivity index (χ1n) is 7.35. The van der Waals surface area contributed by atoms with Crippen molar-refractivity contribution in [1.82, 2.24) is 5.32 Å². The number of hydrogen-bond donors (Lipinski definition) is 1. The van der Waals surface area contributed by atoms with Crippen LogP contribution >= 0.6 is 0 Å². The topological polar surface area (TPSA) is 38.3 Å². The van der Waals surface area contributed by atoms with Gasteiger partial charge >= 0.3 is 6.18 Å². The summed E-state index contributed by atoms with van der Waals surface area (Å²) in [6.07, 6.45) is -3.18. The first-order valence-corrected chi connectivity index (χ1v) is 7.35. The Morgan fingerprint density at radius 2 is 2.00 bits per heavy atom. The van der Waals surface area contributed by atoms with Crippen LogP contribution in [-0.4, -0.2) is 18.6 Å². The van der Waals surface area contributed by atoms with Gasteiger partial charge in [-0.2, -0.15) is 13.2 Å². The number of halogens is 3. The molecule has 3 nitrogen and oxygen atoms in total. The first kappa shape index (κ1) is 16.8. The van der Waals surface area contributed by atoms with Crippen molar-refractivity contribution in [2.75, 3.05) is 6.61 Å². The fourth-order valence-corrected chi connectivity index (χ4v) is 2.54. The van der Waals surface area contributed by atoms with Gasteiger partial charge in [-0.1, -0.05) is 19.1 Å². The fourth-order valence-electron chi connectivity index (χ4n) is 2.54. The maximum atomic E-state index is 12.5. The van der Waals surface area contributed by atoms with Crippen molar-refractivity contribution in [2.24, 2.45) is 5.92 Å². The van der Waals surface area contributed by atoms with Gasteiger partial charge in [0.2, 0.25) is 5.91 Å². The number of amides is 1. The third kappa shape index (κ3) is 4.22. The predicted octanol–water partition coefficient (Wildman–Crippen LogP) is 3.70. The number of nitrogens with one attached hydrogen (secondary N) is 1. The normalized spacial score (nSPS) is 23.3. The van der Waals surface area contributed by atoms with Crippen molar-refractivity contribution in [3.8, 4) is 0 Å². The third-order valence-corrected chi connectivity index (χ3v) is 4.04. The van der Waals surface area contributed by atoms with Gasteiger partial charge in [-0.3, -0.25) is 4.79 Å². The summed E-state index contributed by atoms with van der Waals surface area (Å²) in [6, 6.07) is 4.50. The van der Waals surface area contributed by atoms with Crippen molar-refractivity contribution in [3.63, 3.8) is 0 Å². The van der Waals surface area contributed by atoms with Crippen LogP contribution in [0.4, 0.5) is 13.2 Å². The average molecular weight is 315 g/mol. The SMILES string of the molecule is CC1CCOC1CC(=O)N[C@H](C)c1ccc(C(F)(F)F)cc1. The number of hydrogen-bond acceptors (Lipinski definition) is 2. The zero-order valence-electron chi connectivity index (χ0n) is 12.6. The van der Waals surface area contributed by atoms with E-state index in [1.165, 1.54) is 12.1 Å². The largest absolute Gasteiger partial charge is 0.416 e. The molecule has 1 aromatic rings. The van der Waals surface area contributed by atoms with Crippen molar-refractivity contribution in [3.05, 3.63) is 35.4 Å². The van der Waals surface area contributed by atoms with Gasteiger partial charge in [-0.25, -0.2) is 0 Å². The van der Waals surface area contributed by atoms with Gasteiger partial charge < -0.3 is 10.1 Å². The Kier molecular flexibility index (Phi) is 5.11. The molecule has 0 aromatic heterocycles. The summed E-state index contributed by atoms with van der Waals surface area (Å²) < 4.78 is 43.0. The quantitative estimate of drug-likeness (QED) is 0.920. The summed E-state index contributed by atoms with van der Waals surface area (Å²) in [5, 5.41) is 2.80. The molecule has 1 aliphatic rings. The zero-order valence-corrected chi connectivity index (χ0v) is 12.6. The highest BCUT2D eigenvalue weighted by Gasteiger charge is 2.30. The lowest BCUT2D eigenvalue weighted by atomic mass is 10.0. The Bertz CT molecular complexity index is 513. The highest BCUT2D eigenvalue weighted by molar-refractivity contribution is 5.77.